The Bertz CT molecular complexity index is 454. The number of nitrogens with two attached hydrogens (primary N) is 1. The van der Waals surface area contributed by atoms with E-state index in [0.29, 0.717) is 5.75 Å². The Balaban J connectivity index is 0. The van der Waals surface area contributed by atoms with Crippen LogP contribution in [0.2, 0.25) is 0 Å². The predicted molar refractivity (Wildman–Crippen MR) is 77.6 cm³/mol. The summed E-state index contributed by atoms with van der Waals surface area (Å²) < 4.78 is 0. The molecule has 1 unspecified atom stereocenters. The minimum absolute atomic E-state index is 0. The third kappa shape index (κ3) is 6.30. The van der Waals surface area contributed by atoms with E-state index in [1.165, 1.54) is 6.92 Å². The molecule has 0 heterocycles. The molecule has 6 N–H and O–H groups in total. The lowest BCUT2D eigenvalue weighted by Crippen LogP contribution is -2.29. The van der Waals surface area contributed by atoms with Crippen molar-refractivity contribution >= 4 is 24.4 Å². The fraction of sp³-hybridized carbons (Fsp3) is 0.333. The summed E-state index contributed by atoms with van der Waals surface area (Å²) in [6.07, 6.45) is 0. The van der Waals surface area contributed by atoms with E-state index in [-0.39, 0.29) is 24.8 Å². The lowest BCUT2D eigenvalue weighted by Gasteiger charge is -2.01. The van der Waals surface area contributed by atoms with Gasteiger partial charge in [-0.15, -0.1) is 0 Å². The lowest BCUT2D eigenvalue weighted by atomic mass is 10.2. The first-order valence-corrected chi connectivity index (χ1v) is 5.69. The van der Waals surface area contributed by atoms with Gasteiger partial charge in [0, 0.05) is 5.75 Å². The van der Waals surface area contributed by atoms with Crippen LogP contribution < -0.4 is 5.73 Å². The SMILES string of the molecule is C.CC(=O)C(N)CS.O=C(O)c1cc(O)c(O)c(O)c1. The highest BCUT2D eigenvalue weighted by atomic mass is 32.1. The number of phenolic OH excluding ortho intramolecular Hbond substituents is 3. The molecule has 0 aromatic heterocycles. The normalized spacial score (nSPS) is 10.6. The molecule has 0 aliphatic carbocycles. The summed E-state index contributed by atoms with van der Waals surface area (Å²) >= 11 is 3.81. The molecule has 20 heavy (non-hydrogen) atoms. The molecule has 0 fully saturated rings. The molecule has 0 aliphatic rings. The third-order valence-electron chi connectivity index (χ3n) is 2.04. The first kappa shape index (κ1) is 20.4. The van der Waals surface area contributed by atoms with E-state index in [4.69, 9.17) is 26.2 Å². The summed E-state index contributed by atoms with van der Waals surface area (Å²) in [6.45, 7) is 1.46. The Kier molecular flexibility index (Phi) is 9.23. The van der Waals surface area contributed by atoms with Crippen LogP contribution in [-0.2, 0) is 4.79 Å². The van der Waals surface area contributed by atoms with Crippen molar-refractivity contribution in [3.63, 3.8) is 0 Å². The molecule has 1 rings (SSSR count). The van der Waals surface area contributed by atoms with E-state index in [1.807, 2.05) is 0 Å². The molecule has 0 spiro atoms. The number of carboxylic acids is 1. The lowest BCUT2D eigenvalue weighted by molar-refractivity contribution is -0.117. The topological polar surface area (TPSA) is 141 Å². The summed E-state index contributed by atoms with van der Waals surface area (Å²) in [5.74, 6) is -2.90. The smallest absolute Gasteiger partial charge is 0.335 e. The number of hydrogen-bond donors (Lipinski definition) is 6. The van der Waals surface area contributed by atoms with Gasteiger partial charge >= 0.3 is 5.97 Å². The zero-order valence-corrected chi connectivity index (χ0v) is 11.0. The number of phenols is 3. The van der Waals surface area contributed by atoms with Gasteiger partial charge in [0.2, 0.25) is 0 Å². The average molecular weight is 305 g/mol. The van der Waals surface area contributed by atoms with Crippen molar-refractivity contribution in [3.8, 4) is 17.2 Å². The molecule has 0 amide bonds. The maximum Gasteiger partial charge on any atom is 0.335 e. The number of rotatable bonds is 3. The van der Waals surface area contributed by atoms with Gasteiger partial charge in [0.05, 0.1) is 11.6 Å². The molecule has 1 atom stereocenters. The van der Waals surface area contributed by atoms with E-state index in [1.54, 1.807) is 0 Å². The monoisotopic (exact) mass is 305 g/mol. The van der Waals surface area contributed by atoms with Gasteiger partial charge in [0.25, 0.3) is 0 Å². The van der Waals surface area contributed by atoms with E-state index in [0.717, 1.165) is 12.1 Å². The van der Waals surface area contributed by atoms with Crippen molar-refractivity contribution in [3.05, 3.63) is 17.7 Å². The summed E-state index contributed by atoms with van der Waals surface area (Å²) in [5, 5.41) is 35.0. The van der Waals surface area contributed by atoms with Gasteiger partial charge in [0.15, 0.2) is 17.2 Å². The highest BCUT2D eigenvalue weighted by Crippen LogP contribution is 2.35. The maximum atomic E-state index is 10.3. The van der Waals surface area contributed by atoms with Crippen molar-refractivity contribution in [1.82, 2.24) is 0 Å². The molecule has 0 aliphatic heterocycles. The fourth-order valence-electron chi connectivity index (χ4n) is 0.856. The number of aromatic hydroxyl groups is 3. The summed E-state index contributed by atoms with van der Waals surface area (Å²) in [5.41, 5.74) is 4.90. The molecule has 114 valence electrons. The number of ketones is 1. The minimum Gasteiger partial charge on any atom is -0.504 e. The molecule has 0 bridgehead atoms. The van der Waals surface area contributed by atoms with Crippen molar-refractivity contribution in [2.75, 3.05) is 5.75 Å². The predicted octanol–water partition coefficient (Wildman–Crippen LogP) is 0.970. The number of hydrogen-bond acceptors (Lipinski definition) is 7. The molecular weight excluding hydrogens is 286 g/mol. The molecule has 0 saturated carbocycles. The van der Waals surface area contributed by atoms with E-state index in [9.17, 15) is 9.59 Å². The van der Waals surface area contributed by atoms with Gasteiger partial charge in [-0.2, -0.15) is 12.6 Å². The second-order valence-corrected chi connectivity index (χ2v) is 3.93. The summed E-state index contributed by atoms with van der Waals surface area (Å²) in [7, 11) is 0. The van der Waals surface area contributed by atoms with Crippen LogP contribution >= 0.6 is 12.6 Å². The Morgan fingerprint density at radius 2 is 1.65 bits per heavy atom. The first-order chi connectivity index (χ1) is 8.70. The van der Waals surface area contributed by atoms with Crippen LogP contribution in [0.1, 0.15) is 24.7 Å². The van der Waals surface area contributed by atoms with Crippen LogP contribution in [0.15, 0.2) is 12.1 Å². The second kappa shape index (κ2) is 9.05. The molecule has 0 saturated heterocycles. The number of carbonyl (C=O) groups is 2. The number of benzene rings is 1. The Morgan fingerprint density at radius 3 is 1.85 bits per heavy atom. The van der Waals surface area contributed by atoms with Gasteiger partial charge in [-0.25, -0.2) is 4.79 Å². The fourth-order valence-corrected chi connectivity index (χ4v) is 1.11. The quantitative estimate of drug-likeness (QED) is 0.361. The summed E-state index contributed by atoms with van der Waals surface area (Å²) in [4.78, 5) is 20.5. The van der Waals surface area contributed by atoms with Crippen LogP contribution in [0, 0.1) is 0 Å². The van der Waals surface area contributed by atoms with Gasteiger partial charge in [-0.3, -0.25) is 4.79 Å². The van der Waals surface area contributed by atoms with Crippen LogP contribution in [0.5, 0.6) is 17.2 Å². The second-order valence-electron chi connectivity index (χ2n) is 3.57. The van der Waals surface area contributed by atoms with Crippen molar-refractivity contribution in [1.29, 1.82) is 0 Å². The van der Waals surface area contributed by atoms with Crippen molar-refractivity contribution in [2.45, 2.75) is 20.4 Å². The van der Waals surface area contributed by atoms with E-state index >= 15 is 0 Å². The maximum absolute atomic E-state index is 10.3. The standard InChI is InChI=1S/C7H6O5.C4H9NOS.CH4/c8-4-1-3(7(11)12)2-5(9)6(4)10;1-3(6)4(5)2-7;/h1-2,8-10H,(H,11,12);4,7H,2,5H2,1H3;1H4. The molecule has 1 aromatic carbocycles. The zero-order valence-electron chi connectivity index (χ0n) is 10.1. The largest absolute Gasteiger partial charge is 0.504 e. The van der Waals surface area contributed by atoms with Crippen LogP contribution in [0.4, 0.5) is 0 Å². The first-order valence-electron chi connectivity index (χ1n) is 5.05. The van der Waals surface area contributed by atoms with Gasteiger partial charge < -0.3 is 26.2 Å². The van der Waals surface area contributed by atoms with Crippen LogP contribution in [0.25, 0.3) is 0 Å². The Hall–Kier alpha value is -1.93. The van der Waals surface area contributed by atoms with E-state index in [2.05, 4.69) is 12.6 Å². The van der Waals surface area contributed by atoms with E-state index < -0.39 is 23.2 Å². The Labute approximate surface area is 122 Å². The number of carboxylic acid groups (broad SMARTS) is 1. The van der Waals surface area contributed by atoms with Crippen molar-refractivity contribution in [2.24, 2.45) is 5.73 Å². The molecule has 0 radical (unpaired) electrons. The number of aromatic carboxylic acids is 1. The van der Waals surface area contributed by atoms with Gasteiger partial charge in [-0.05, 0) is 19.1 Å². The molecule has 8 heteroatoms. The summed E-state index contributed by atoms with van der Waals surface area (Å²) in [6, 6.07) is 1.32. The van der Waals surface area contributed by atoms with Crippen LogP contribution in [-0.4, -0.2) is 44.0 Å². The molecule has 7 nitrogen and oxygen atoms in total. The number of Topliss-reactive ketones (excluding diaryl/α,β-unsaturated/α-hetero) is 1. The molecular formula is C12H19NO6S. The number of carbonyl (C=O) groups excluding carboxylic acids is 1. The Morgan fingerprint density at radius 1 is 1.25 bits per heavy atom. The number of thiol groups is 1. The minimum atomic E-state index is -1.29. The van der Waals surface area contributed by atoms with Crippen molar-refractivity contribution < 1.29 is 30.0 Å². The average Bonchev–Trinajstić information content (AvgIpc) is 2.34. The van der Waals surface area contributed by atoms with Crippen LogP contribution in [0.3, 0.4) is 0 Å². The van der Waals surface area contributed by atoms with Gasteiger partial charge in [0.1, 0.15) is 5.78 Å². The highest BCUT2D eigenvalue weighted by molar-refractivity contribution is 7.80. The third-order valence-corrected chi connectivity index (χ3v) is 2.43. The zero-order chi connectivity index (χ0) is 15.2. The van der Waals surface area contributed by atoms with Gasteiger partial charge in [-0.1, -0.05) is 7.43 Å². The highest BCUT2D eigenvalue weighted by Gasteiger charge is 2.11. The molecule has 1 aromatic rings.